The van der Waals surface area contributed by atoms with Gasteiger partial charge in [0.15, 0.2) is 17.6 Å². The lowest BCUT2D eigenvalue weighted by Crippen LogP contribution is -2.74. The van der Waals surface area contributed by atoms with E-state index in [1.54, 1.807) is 6.07 Å². The maximum Gasteiger partial charge on any atom is 0.166 e. The number of aryl methyl sites for hydroxylation is 2. The molecular formula is C25H28N2O3. The lowest BCUT2D eigenvalue weighted by Gasteiger charge is -2.63. The number of piperidine rings is 1. The van der Waals surface area contributed by atoms with Crippen molar-refractivity contribution in [1.82, 2.24) is 9.88 Å². The summed E-state index contributed by atoms with van der Waals surface area (Å²) in [5.41, 5.74) is 5.08. The molecular weight excluding hydrogens is 376 g/mol. The number of aromatic nitrogens is 1. The molecule has 3 heterocycles. The Morgan fingerprint density at radius 1 is 1.23 bits per heavy atom. The second-order valence-electron chi connectivity index (χ2n) is 10.4. The predicted octanol–water partition coefficient (Wildman–Crippen LogP) is 3.10. The normalized spacial score (nSPS) is 35.6. The van der Waals surface area contributed by atoms with Gasteiger partial charge in [-0.1, -0.05) is 12.1 Å². The third-order valence-electron chi connectivity index (χ3n) is 8.80. The highest BCUT2D eigenvalue weighted by Crippen LogP contribution is 2.68. The average Bonchev–Trinajstić information content (AvgIpc) is 3.44. The monoisotopic (exact) mass is 404 g/mol. The molecule has 1 aromatic heterocycles. The van der Waals surface area contributed by atoms with E-state index in [9.17, 15) is 10.2 Å². The smallest absolute Gasteiger partial charge is 0.166 e. The van der Waals surface area contributed by atoms with Crippen molar-refractivity contribution in [2.75, 3.05) is 13.1 Å². The number of phenolic OH excluding ortho intramolecular Hbond substituents is 1. The van der Waals surface area contributed by atoms with E-state index in [4.69, 9.17) is 9.72 Å². The highest BCUT2D eigenvalue weighted by Gasteiger charge is 2.72. The molecule has 0 amide bonds. The van der Waals surface area contributed by atoms with Crippen LogP contribution in [0.25, 0.3) is 0 Å². The van der Waals surface area contributed by atoms with E-state index in [-0.39, 0.29) is 17.9 Å². The van der Waals surface area contributed by atoms with Crippen LogP contribution in [0, 0.1) is 19.8 Å². The molecule has 2 fully saturated rings. The molecule has 0 radical (unpaired) electrons. The number of pyridine rings is 1. The molecule has 1 unspecified atom stereocenters. The predicted molar refractivity (Wildman–Crippen MR) is 112 cm³/mol. The van der Waals surface area contributed by atoms with E-state index in [1.165, 1.54) is 18.4 Å². The van der Waals surface area contributed by atoms with Gasteiger partial charge in [0.2, 0.25) is 0 Å². The Morgan fingerprint density at radius 3 is 2.87 bits per heavy atom. The van der Waals surface area contributed by atoms with Gasteiger partial charge in [-0.3, -0.25) is 9.88 Å². The fraction of sp³-hybridized carbons (Fsp3) is 0.560. The zero-order valence-corrected chi connectivity index (χ0v) is 17.6. The lowest BCUT2D eigenvalue weighted by atomic mass is 9.49. The molecule has 156 valence electrons. The Kier molecular flexibility index (Phi) is 3.15. The molecule has 1 aromatic carbocycles. The Balaban J connectivity index is 1.50. The first-order valence-corrected chi connectivity index (χ1v) is 11.4. The van der Waals surface area contributed by atoms with Crippen molar-refractivity contribution < 1.29 is 14.9 Å². The second kappa shape index (κ2) is 5.38. The van der Waals surface area contributed by atoms with E-state index in [0.717, 1.165) is 59.9 Å². The Bertz CT molecular complexity index is 1110. The van der Waals surface area contributed by atoms with Crippen LogP contribution in [0.5, 0.6) is 11.5 Å². The zero-order valence-electron chi connectivity index (χ0n) is 17.6. The molecule has 2 bridgehead atoms. The highest BCUT2D eigenvalue weighted by molar-refractivity contribution is 5.64. The minimum absolute atomic E-state index is 0.0794. The molecule has 5 nitrogen and oxygen atoms in total. The van der Waals surface area contributed by atoms with E-state index in [1.807, 2.05) is 6.92 Å². The quantitative estimate of drug-likeness (QED) is 0.805. The number of hydrogen-bond acceptors (Lipinski definition) is 5. The topological polar surface area (TPSA) is 65.8 Å². The van der Waals surface area contributed by atoms with E-state index in [0.29, 0.717) is 12.2 Å². The second-order valence-corrected chi connectivity index (χ2v) is 10.4. The molecule has 1 saturated carbocycles. The van der Waals surface area contributed by atoms with Crippen LogP contribution < -0.4 is 4.74 Å². The maximum atomic E-state index is 12.6. The van der Waals surface area contributed by atoms with Gasteiger partial charge in [-0.2, -0.15) is 0 Å². The maximum absolute atomic E-state index is 12.6. The van der Waals surface area contributed by atoms with Gasteiger partial charge in [0, 0.05) is 30.3 Å². The summed E-state index contributed by atoms with van der Waals surface area (Å²) in [5.74, 6) is 1.56. The number of hydrogen-bond donors (Lipinski definition) is 2. The van der Waals surface area contributed by atoms with Crippen LogP contribution >= 0.6 is 0 Å². The minimum Gasteiger partial charge on any atom is -0.504 e. The van der Waals surface area contributed by atoms with Gasteiger partial charge in [-0.25, -0.2) is 0 Å². The van der Waals surface area contributed by atoms with Crippen LogP contribution in [0.2, 0.25) is 0 Å². The number of fused-ring (bicyclic) bond motifs is 2. The molecule has 2 aromatic rings. The van der Waals surface area contributed by atoms with Crippen LogP contribution in [-0.4, -0.2) is 44.8 Å². The first-order valence-electron chi connectivity index (χ1n) is 11.4. The molecule has 2 aliphatic heterocycles. The summed E-state index contributed by atoms with van der Waals surface area (Å²) in [6.45, 7) is 6.19. The molecule has 5 aliphatic rings. The summed E-state index contributed by atoms with van der Waals surface area (Å²) in [7, 11) is 0. The summed E-state index contributed by atoms with van der Waals surface area (Å²) in [6.07, 6.45) is 4.57. The standard InChI is InChI=1S/C25H28N2O3/c1-13-9-17-11-25(29)19-10-16-5-6-18(28)22-20(16)24(25,7-8-27(19)12-15-3-4-15)23(30-22)21(17)26-14(13)2/h5-6,9,15,19,23,28-29H,3-4,7-8,10-12H2,1-2H3/t19?,23-,24-,25+/m0/s1. The van der Waals surface area contributed by atoms with Crippen molar-refractivity contribution >= 4 is 0 Å². The van der Waals surface area contributed by atoms with Crippen LogP contribution in [0.1, 0.15) is 59.0 Å². The number of benzene rings is 1. The van der Waals surface area contributed by atoms with Crippen molar-refractivity contribution in [3.05, 3.63) is 51.8 Å². The average molecular weight is 405 g/mol. The summed E-state index contributed by atoms with van der Waals surface area (Å²) in [4.78, 5) is 7.54. The first-order chi connectivity index (χ1) is 14.4. The van der Waals surface area contributed by atoms with Crippen LogP contribution in [0.4, 0.5) is 0 Å². The van der Waals surface area contributed by atoms with Gasteiger partial charge < -0.3 is 14.9 Å². The Hall–Kier alpha value is -2.11. The third kappa shape index (κ3) is 1.90. The van der Waals surface area contributed by atoms with Crippen LogP contribution in [0.3, 0.4) is 0 Å². The largest absolute Gasteiger partial charge is 0.504 e. The number of phenols is 1. The fourth-order valence-electron chi connectivity index (χ4n) is 7.09. The molecule has 1 saturated heterocycles. The number of rotatable bonds is 2. The molecule has 5 heteroatoms. The summed E-state index contributed by atoms with van der Waals surface area (Å²) >= 11 is 0. The Labute approximate surface area is 176 Å². The summed E-state index contributed by atoms with van der Waals surface area (Å²) in [6, 6.07) is 6.10. The minimum atomic E-state index is -0.909. The molecule has 30 heavy (non-hydrogen) atoms. The molecule has 1 spiro atoms. The van der Waals surface area contributed by atoms with Crippen molar-refractivity contribution in [3.63, 3.8) is 0 Å². The van der Waals surface area contributed by atoms with E-state index < -0.39 is 11.0 Å². The number of aromatic hydroxyl groups is 1. The lowest BCUT2D eigenvalue weighted by molar-refractivity contribution is -0.173. The number of aliphatic hydroxyl groups is 1. The third-order valence-corrected chi connectivity index (χ3v) is 8.80. The molecule has 4 atom stereocenters. The fourth-order valence-corrected chi connectivity index (χ4v) is 7.09. The summed E-state index contributed by atoms with van der Waals surface area (Å²) < 4.78 is 6.53. The van der Waals surface area contributed by atoms with E-state index in [2.05, 4.69) is 24.0 Å². The van der Waals surface area contributed by atoms with Crippen LogP contribution in [-0.2, 0) is 18.3 Å². The van der Waals surface area contributed by atoms with Crippen LogP contribution in [0.15, 0.2) is 18.2 Å². The van der Waals surface area contributed by atoms with Gasteiger partial charge in [0.25, 0.3) is 0 Å². The van der Waals surface area contributed by atoms with Gasteiger partial charge in [-0.05, 0) is 74.8 Å². The molecule has 3 aliphatic carbocycles. The number of nitrogens with zero attached hydrogens (tertiary/aromatic N) is 2. The number of likely N-dealkylation sites (tertiary alicyclic amines) is 1. The van der Waals surface area contributed by atoms with Gasteiger partial charge in [0.05, 0.1) is 16.7 Å². The van der Waals surface area contributed by atoms with Crippen molar-refractivity contribution in [3.8, 4) is 11.5 Å². The molecule has 7 rings (SSSR count). The van der Waals surface area contributed by atoms with Crippen molar-refractivity contribution in [2.45, 2.75) is 69.1 Å². The molecule has 2 N–H and O–H groups in total. The summed E-state index contributed by atoms with van der Waals surface area (Å²) in [5, 5.41) is 23.3. The number of ether oxygens (including phenoxy) is 1. The van der Waals surface area contributed by atoms with Gasteiger partial charge in [0.1, 0.15) is 0 Å². The van der Waals surface area contributed by atoms with Gasteiger partial charge >= 0.3 is 0 Å². The highest BCUT2D eigenvalue weighted by atomic mass is 16.5. The zero-order chi connectivity index (χ0) is 20.4. The van der Waals surface area contributed by atoms with E-state index >= 15 is 0 Å². The van der Waals surface area contributed by atoms with Gasteiger partial charge in [-0.15, -0.1) is 0 Å². The van der Waals surface area contributed by atoms with Crippen molar-refractivity contribution in [2.24, 2.45) is 5.92 Å². The SMILES string of the molecule is Cc1cc2c(nc1C)[C@@H]1Oc3c(O)ccc4c3[C@@]13CCN(CC1CC1)C(C4)[C@]3(O)C2. The first kappa shape index (κ1) is 17.6. The Morgan fingerprint density at radius 2 is 2.07 bits per heavy atom. The van der Waals surface area contributed by atoms with Crippen molar-refractivity contribution in [1.29, 1.82) is 0 Å².